The maximum atomic E-state index is 6.27. The SMILES string of the molecule is COc1cc(CNc2ccc(Oc3ccccc3)cc2)cc(I)c1OCc1cccc2ccccc12. The van der Waals surface area contributed by atoms with Crippen LogP contribution in [0.5, 0.6) is 23.0 Å². The minimum atomic E-state index is 0.475. The zero-order valence-corrected chi connectivity index (χ0v) is 22.1. The fourth-order valence-corrected chi connectivity index (χ4v) is 4.87. The lowest BCUT2D eigenvalue weighted by atomic mass is 10.1. The number of halogens is 1. The van der Waals surface area contributed by atoms with Gasteiger partial charge in [-0.15, -0.1) is 0 Å². The van der Waals surface area contributed by atoms with E-state index in [0.717, 1.165) is 43.4 Å². The van der Waals surface area contributed by atoms with Crippen LogP contribution in [0, 0.1) is 3.57 Å². The van der Waals surface area contributed by atoms with E-state index in [1.165, 1.54) is 10.8 Å². The Kier molecular flexibility index (Phi) is 7.57. The third-order valence-electron chi connectivity index (χ3n) is 5.87. The zero-order chi connectivity index (χ0) is 24.7. The fraction of sp³-hybridized carbons (Fsp3) is 0.0968. The normalized spacial score (nSPS) is 10.7. The van der Waals surface area contributed by atoms with Gasteiger partial charge < -0.3 is 19.5 Å². The Hall–Kier alpha value is -3.71. The summed E-state index contributed by atoms with van der Waals surface area (Å²) in [6.07, 6.45) is 0. The summed E-state index contributed by atoms with van der Waals surface area (Å²) in [4.78, 5) is 0. The van der Waals surface area contributed by atoms with Gasteiger partial charge in [0.05, 0.1) is 10.7 Å². The number of rotatable bonds is 9. The van der Waals surface area contributed by atoms with Crippen molar-refractivity contribution in [2.75, 3.05) is 12.4 Å². The summed E-state index contributed by atoms with van der Waals surface area (Å²) in [5.41, 5.74) is 3.27. The van der Waals surface area contributed by atoms with Gasteiger partial charge in [-0.3, -0.25) is 0 Å². The van der Waals surface area contributed by atoms with E-state index in [9.17, 15) is 0 Å². The Bertz CT molecular complexity index is 1450. The molecule has 0 aliphatic rings. The lowest BCUT2D eigenvalue weighted by molar-refractivity contribution is 0.283. The van der Waals surface area contributed by atoms with E-state index in [1.807, 2.05) is 60.7 Å². The number of benzene rings is 5. The molecule has 0 radical (unpaired) electrons. The number of methoxy groups -OCH3 is 1. The molecule has 0 bridgehead atoms. The summed E-state index contributed by atoms with van der Waals surface area (Å²) >= 11 is 2.32. The molecule has 0 aliphatic heterocycles. The van der Waals surface area contributed by atoms with Gasteiger partial charge in [0.2, 0.25) is 0 Å². The van der Waals surface area contributed by atoms with Crippen molar-refractivity contribution in [1.82, 2.24) is 0 Å². The molecule has 180 valence electrons. The van der Waals surface area contributed by atoms with E-state index in [2.05, 4.69) is 76.4 Å². The zero-order valence-electron chi connectivity index (χ0n) is 19.9. The molecule has 0 saturated heterocycles. The molecule has 0 fully saturated rings. The Morgan fingerprint density at radius 2 is 1.47 bits per heavy atom. The first-order valence-corrected chi connectivity index (χ1v) is 12.8. The molecule has 5 heteroatoms. The molecular weight excluding hydrogens is 561 g/mol. The van der Waals surface area contributed by atoms with Crippen LogP contribution in [0.15, 0.2) is 109 Å². The number of hydrogen-bond acceptors (Lipinski definition) is 4. The second kappa shape index (κ2) is 11.4. The van der Waals surface area contributed by atoms with E-state index >= 15 is 0 Å². The van der Waals surface area contributed by atoms with Crippen molar-refractivity contribution in [3.05, 3.63) is 124 Å². The van der Waals surface area contributed by atoms with E-state index < -0.39 is 0 Å². The molecule has 5 aromatic carbocycles. The van der Waals surface area contributed by atoms with Gasteiger partial charge in [0.15, 0.2) is 11.5 Å². The number of hydrogen-bond donors (Lipinski definition) is 1. The van der Waals surface area contributed by atoms with Crippen LogP contribution >= 0.6 is 22.6 Å². The first-order chi connectivity index (χ1) is 17.7. The van der Waals surface area contributed by atoms with Crippen LogP contribution in [0.4, 0.5) is 5.69 Å². The Morgan fingerprint density at radius 1 is 0.750 bits per heavy atom. The predicted molar refractivity (Wildman–Crippen MR) is 154 cm³/mol. The number of ether oxygens (including phenoxy) is 3. The van der Waals surface area contributed by atoms with Crippen molar-refractivity contribution in [3.63, 3.8) is 0 Å². The number of fused-ring (bicyclic) bond motifs is 1. The second-order valence-electron chi connectivity index (χ2n) is 8.33. The molecular formula is C31H26INO3. The summed E-state index contributed by atoms with van der Waals surface area (Å²) in [6.45, 7) is 1.14. The van der Waals surface area contributed by atoms with Gasteiger partial charge in [-0.2, -0.15) is 0 Å². The lowest BCUT2D eigenvalue weighted by Gasteiger charge is -2.16. The first-order valence-electron chi connectivity index (χ1n) is 11.7. The monoisotopic (exact) mass is 587 g/mol. The van der Waals surface area contributed by atoms with Crippen molar-refractivity contribution in [3.8, 4) is 23.0 Å². The van der Waals surface area contributed by atoms with Crippen LogP contribution < -0.4 is 19.5 Å². The fourth-order valence-electron chi connectivity index (χ4n) is 4.05. The Morgan fingerprint density at radius 3 is 2.28 bits per heavy atom. The van der Waals surface area contributed by atoms with Crippen LogP contribution in [0.2, 0.25) is 0 Å². The van der Waals surface area contributed by atoms with Gasteiger partial charge in [-0.25, -0.2) is 0 Å². The molecule has 36 heavy (non-hydrogen) atoms. The molecule has 0 unspecified atom stereocenters. The molecule has 5 aromatic rings. The number of nitrogens with one attached hydrogen (secondary N) is 1. The van der Waals surface area contributed by atoms with Crippen molar-refractivity contribution >= 4 is 39.1 Å². The molecule has 0 heterocycles. The van der Waals surface area contributed by atoms with Gasteiger partial charge in [0.25, 0.3) is 0 Å². The molecule has 0 amide bonds. The van der Waals surface area contributed by atoms with Crippen molar-refractivity contribution in [1.29, 1.82) is 0 Å². The molecule has 0 spiro atoms. The molecule has 0 aliphatic carbocycles. The third kappa shape index (κ3) is 5.74. The molecule has 0 atom stereocenters. The number of para-hydroxylation sites is 1. The van der Waals surface area contributed by atoms with Crippen LogP contribution in [0.1, 0.15) is 11.1 Å². The van der Waals surface area contributed by atoms with E-state index in [4.69, 9.17) is 14.2 Å². The molecule has 4 nitrogen and oxygen atoms in total. The molecule has 5 rings (SSSR count). The van der Waals surface area contributed by atoms with Crippen LogP contribution in [-0.4, -0.2) is 7.11 Å². The van der Waals surface area contributed by atoms with E-state index in [-0.39, 0.29) is 0 Å². The topological polar surface area (TPSA) is 39.7 Å². The van der Waals surface area contributed by atoms with Crippen molar-refractivity contribution in [2.45, 2.75) is 13.2 Å². The minimum Gasteiger partial charge on any atom is -0.493 e. The maximum Gasteiger partial charge on any atom is 0.174 e. The average Bonchev–Trinajstić information content (AvgIpc) is 2.92. The largest absolute Gasteiger partial charge is 0.493 e. The minimum absolute atomic E-state index is 0.475. The van der Waals surface area contributed by atoms with Gasteiger partial charge in [-0.1, -0.05) is 60.7 Å². The highest BCUT2D eigenvalue weighted by Gasteiger charge is 2.13. The maximum absolute atomic E-state index is 6.27. The summed E-state index contributed by atoms with van der Waals surface area (Å²) in [5.74, 6) is 3.11. The molecule has 0 aromatic heterocycles. The smallest absolute Gasteiger partial charge is 0.174 e. The van der Waals surface area contributed by atoms with E-state index in [1.54, 1.807) is 7.11 Å². The molecule has 1 N–H and O–H groups in total. The van der Waals surface area contributed by atoms with Crippen LogP contribution in [0.25, 0.3) is 10.8 Å². The summed E-state index contributed by atoms with van der Waals surface area (Å²) in [7, 11) is 1.68. The van der Waals surface area contributed by atoms with Crippen LogP contribution in [0.3, 0.4) is 0 Å². The van der Waals surface area contributed by atoms with Crippen molar-refractivity contribution < 1.29 is 14.2 Å². The van der Waals surface area contributed by atoms with Crippen LogP contribution in [-0.2, 0) is 13.2 Å². The summed E-state index contributed by atoms with van der Waals surface area (Å²) in [6, 6.07) is 36.5. The van der Waals surface area contributed by atoms with E-state index in [0.29, 0.717) is 13.2 Å². The Labute approximate surface area is 225 Å². The highest BCUT2D eigenvalue weighted by atomic mass is 127. The van der Waals surface area contributed by atoms with Gasteiger partial charge >= 0.3 is 0 Å². The lowest BCUT2D eigenvalue weighted by Crippen LogP contribution is -2.04. The van der Waals surface area contributed by atoms with Gasteiger partial charge in [0, 0.05) is 12.2 Å². The standard InChI is InChI=1S/C31H26INO3/c1-34-30-19-22(20-33-25-14-16-27(17-15-25)36-26-11-3-2-4-12-26)18-29(32)31(30)35-21-24-10-7-9-23-8-5-6-13-28(23)24/h2-19,33H,20-21H2,1H3. The number of anilines is 1. The van der Waals surface area contributed by atoms with Gasteiger partial charge in [-0.05, 0) is 93.0 Å². The highest BCUT2D eigenvalue weighted by Crippen LogP contribution is 2.35. The quantitative estimate of drug-likeness (QED) is 0.176. The van der Waals surface area contributed by atoms with Gasteiger partial charge in [0.1, 0.15) is 18.1 Å². The molecule has 0 saturated carbocycles. The second-order valence-corrected chi connectivity index (χ2v) is 9.49. The Balaban J connectivity index is 1.24. The highest BCUT2D eigenvalue weighted by molar-refractivity contribution is 14.1. The average molecular weight is 587 g/mol. The summed E-state index contributed by atoms with van der Waals surface area (Å²) in [5, 5.41) is 5.89. The van der Waals surface area contributed by atoms with Crippen molar-refractivity contribution in [2.24, 2.45) is 0 Å². The first kappa shape index (κ1) is 24.0. The third-order valence-corrected chi connectivity index (χ3v) is 6.67. The summed E-state index contributed by atoms with van der Waals surface area (Å²) < 4.78 is 18.8. The predicted octanol–water partition coefficient (Wildman–Crippen LogP) is 8.44.